The first-order chi connectivity index (χ1) is 28.8. The van der Waals surface area contributed by atoms with Crippen molar-refractivity contribution < 1.29 is 37.6 Å². The van der Waals surface area contributed by atoms with Gasteiger partial charge in [0.1, 0.15) is 6.61 Å². The molecule has 0 amide bonds. The Morgan fingerprint density at radius 1 is 0.492 bits per heavy atom. The van der Waals surface area contributed by atoms with Crippen LogP contribution in [0.1, 0.15) is 232 Å². The lowest BCUT2D eigenvalue weighted by Gasteiger charge is -2.19. The number of hydrogen-bond donors (Lipinski definition) is 2. The Bertz CT molecular complexity index is 1060. The number of rotatable bonds is 46. The molecule has 0 radical (unpaired) electrons. The zero-order valence-electron chi connectivity index (χ0n) is 38.2. The monoisotopic (exact) mass is 854 g/mol. The van der Waals surface area contributed by atoms with Crippen LogP contribution >= 0.6 is 7.82 Å². The highest BCUT2D eigenvalue weighted by Gasteiger charge is 2.26. The van der Waals surface area contributed by atoms with Crippen LogP contribution in [-0.2, 0) is 32.7 Å². The molecule has 0 rings (SSSR count). The number of phosphoric ester groups is 1. The van der Waals surface area contributed by atoms with Gasteiger partial charge in [-0.3, -0.25) is 18.6 Å². The normalized spacial score (nSPS) is 13.5. The molecule has 59 heavy (non-hydrogen) atoms. The van der Waals surface area contributed by atoms with Crippen LogP contribution in [0.15, 0.2) is 36.5 Å². The van der Waals surface area contributed by atoms with E-state index in [2.05, 4.69) is 50.3 Å². The zero-order valence-corrected chi connectivity index (χ0v) is 39.1. The molecule has 3 N–H and O–H groups in total. The molecular weight excluding hydrogens is 762 g/mol. The third-order valence-electron chi connectivity index (χ3n) is 10.5. The van der Waals surface area contributed by atoms with Crippen LogP contribution in [0.25, 0.3) is 0 Å². The summed E-state index contributed by atoms with van der Waals surface area (Å²) in [6.45, 7) is 3.69. The van der Waals surface area contributed by atoms with Crippen LogP contribution in [0, 0.1) is 0 Å². The number of phosphoric acid groups is 1. The number of carbonyl (C=O) groups excluding carboxylic acids is 2. The number of esters is 2. The van der Waals surface area contributed by atoms with Gasteiger partial charge in [-0.05, 0) is 70.6 Å². The lowest BCUT2D eigenvalue weighted by molar-refractivity contribution is -0.161. The first kappa shape index (κ1) is 57.2. The van der Waals surface area contributed by atoms with E-state index in [4.69, 9.17) is 24.3 Å². The molecule has 0 aliphatic heterocycles. The van der Waals surface area contributed by atoms with Gasteiger partial charge >= 0.3 is 19.8 Å². The number of ether oxygens (including phenoxy) is 2. The summed E-state index contributed by atoms with van der Waals surface area (Å²) in [6.07, 6.45) is 52.0. The molecule has 0 saturated carbocycles. The summed E-state index contributed by atoms with van der Waals surface area (Å²) >= 11 is 0. The highest BCUT2D eigenvalue weighted by molar-refractivity contribution is 7.47. The van der Waals surface area contributed by atoms with Gasteiger partial charge in [0.2, 0.25) is 0 Å². The fourth-order valence-electron chi connectivity index (χ4n) is 6.83. The Morgan fingerprint density at radius 3 is 1.31 bits per heavy atom. The molecule has 10 heteroatoms. The lowest BCUT2D eigenvalue weighted by Crippen LogP contribution is -2.29. The summed E-state index contributed by atoms with van der Waals surface area (Å²) < 4.78 is 32.8. The molecule has 0 fully saturated rings. The largest absolute Gasteiger partial charge is 0.472 e. The van der Waals surface area contributed by atoms with Crippen molar-refractivity contribution >= 4 is 19.8 Å². The minimum Gasteiger partial charge on any atom is -0.462 e. The van der Waals surface area contributed by atoms with Crippen LogP contribution in [0.4, 0.5) is 0 Å². The molecule has 9 nitrogen and oxygen atoms in total. The van der Waals surface area contributed by atoms with Gasteiger partial charge in [-0.25, -0.2) is 4.57 Å². The summed E-state index contributed by atoms with van der Waals surface area (Å²) in [6, 6.07) is 0. The fourth-order valence-corrected chi connectivity index (χ4v) is 7.59. The first-order valence-corrected chi connectivity index (χ1v) is 26.0. The van der Waals surface area contributed by atoms with Gasteiger partial charge in [0.05, 0.1) is 13.2 Å². The maximum Gasteiger partial charge on any atom is 0.472 e. The zero-order chi connectivity index (χ0) is 43.2. The number of nitrogens with two attached hydrogens (primary N) is 1. The topological polar surface area (TPSA) is 134 Å². The van der Waals surface area contributed by atoms with Gasteiger partial charge < -0.3 is 20.1 Å². The predicted octanol–water partition coefficient (Wildman–Crippen LogP) is 14.5. The van der Waals surface area contributed by atoms with Crippen LogP contribution in [0.2, 0.25) is 0 Å². The lowest BCUT2D eigenvalue weighted by atomic mass is 10.0. The van der Waals surface area contributed by atoms with Crippen molar-refractivity contribution in [1.82, 2.24) is 0 Å². The van der Waals surface area contributed by atoms with Crippen LogP contribution in [0.3, 0.4) is 0 Å². The second-order valence-electron chi connectivity index (χ2n) is 16.3. The van der Waals surface area contributed by atoms with E-state index in [1.165, 1.54) is 148 Å². The van der Waals surface area contributed by atoms with Crippen molar-refractivity contribution in [3.05, 3.63) is 36.5 Å². The molecule has 0 aromatic heterocycles. The number of carbonyl (C=O) groups is 2. The molecule has 1 unspecified atom stereocenters. The smallest absolute Gasteiger partial charge is 0.462 e. The molecule has 346 valence electrons. The quantitative estimate of drug-likeness (QED) is 0.0265. The SMILES string of the molecule is CCCCCCCCCCC/C=C/CCCCC(=O)O[C@@H](COC(=O)CCC/C=C/CC/C=C/CCCCCCCCCCCCCCCC)COP(=O)(O)OCCN. The Balaban J connectivity index is 4.11. The molecule has 0 bridgehead atoms. The third-order valence-corrected chi connectivity index (χ3v) is 11.5. The van der Waals surface area contributed by atoms with Gasteiger partial charge in [-0.1, -0.05) is 185 Å². The average Bonchev–Trinajstić information content (AvgIpc) is 3.22. The van der Waals surface area contributed by atoms with E-state index < -0.39 is 32.5 Å². The van der Waals surface area contributed by atoms with Gasteiger partial charge in [-0.15, -0.1) is 0 Å². The molecule has 0 aromatic rings. The summed E-state index contributed by atoms with van der Waals surface area (Å²) in [7, 11) is -4.39. The molecule has 2 atom stereocenters. The van der Waals surface area contributed by atoms with Crippen molar-refractivity contribution in [2.24, 2.45) is 5.73 Å². The predicted molar refractivity (Wildman–Crippen MR) is 247 cm³/mol. The van der Waals surface area contributed by atoms with Crippen molar-refractivity contribution in [3.8, 4) is 0 Å². The van der Waals surface area contributed by atoms with Gasteiger partial charge in [-0.2, -0.15) is 0 Å². The van der Waals surface area contributed by atoms with Crippen LogP contribution in [-0.4, -0.2) is 49.3 Å². The summed E-state index contributed by atoms with van der Waals surface area (Å²) in [5.74, 6) is -0.898. The van der Waals surface area contributed by atoms with Crippen molar-refractivity contribution in [2.75, 3.05) is 26.4 Å². The highest BCUT2D eigenvalue weighted by Crippen LogP contribution is 2.43. The minimum atomic E-state index is -4.39. The summed E-state index contributed by atoms with van der Waals surface area (Å²) in [5, 5.41) is 0. The van der Waals surface area contributed by atoms with E-state index in [0.717, 1.165) is 44.9 Å². The maximum atomic E-state index is 12.6. The minimum absolute atomic E-state index is 0.0458. The highest BCUT2D eigenvalue weighted by atomic mass is 31.2. The summed E-state index contributed by atoms with van der Waals surface area (Å²) in [5.41, 5.74) is 5.35. The molecule has 0 heterocycles. The standard InChI is InChI=1S/C49H92NO8P/c1-3-5-7-9-11-13-15-17-19-20-21-22-23-24-25-26-28-29-31-33-35-37-39-41-48(51)55-45-47(46-57-59(53,54)56-44-43-50)58-49(52)42-40-38-36-34-32-30-27-18-16-14-12-10-8-6-4-2/h26,28,32-35,47H,3-25,27,29-31,36-46,50H2,1-2H3,(H,53,54)/b28-26+,34-32+,35-33+/t47-/m0/s1. The van der Waals surface area contributed by atoms with E-state index in [-0.39, 0.29) is 32.6 Å². The summed E-state index contributed by atoms with van der Waals surface area (Å²) in [4.78, 5) is 34.9. The molecule has 0 saturated heterocycles. The second kappa shape index (κ2) is 45.7. The Labute approximate surface area is 363 Å². The number of unbranched alkanes of at least 4 members (excludes halogenated alkanes) is 27. The van der Waals surface area contributed by atoms with E-state index in [0.29, 0.717) is 12.8 Å². The van der Waals surface area contributed by atoms with E-state index >= 15 is 0 Å². The van der Waals surface area contributed by atoms with Crippen LogP contribution in [0.5, 0.6) is 0 Å². The number of hydrogen-bond acceptors (Lipinski definition) is 8. The van der Waals surface area contributed by atoms with Gasteiger partial charge in [0, 0.05) is 19.4 Å². The third kappa shape index (κ3) is 45.6. The Hall–Kier alpha value is -1.77. The van der Waals surface area contributed by atoms with E-state index in [1.54, 1.807) is 0 Å². The molecule has 0 aliphatic carbocycles. The molecule has 0 aromatic carbocycles. The van der Waals surface area contributed by atoms with Crippen molar-refractivity contribution in [2.45, 2.75) is 238 Å². The average molecular weight is 854 g/mol. The Kier molecular flexibility index (Phi) is 44.4. The molecule has 0 aliphatic rings. The maximum absolute atomic E-state index is 12.6. The van der Waals surface area contributed by atoms with Gasteiger partial charge in [0.15, 0.2) is 6.10 Å². The van der Waals surface area contributed by atoms with Gasteiger partial charge in [0.25, 0.3) is 0 Å². The molecular formula is C49H92NO8P. The Morgan fingerprint density at radius 2 is 0.864 bits per heavy atom. The number of allylic oxidation sites excluding steroid dienone is 6. The first-order valence-electron chi connectivity index (χ1n) is 24.5. The van der Waals surface area contributed by atoms with Crippen LogP contribution < -0.4 is 5.73 Å². The van der Waals surface area contributed by atoms with Crippen molar-refractivity contribution in [3.63, 3.8) is 0 Å². The second-order valence-corrected chi connectivity index (χ2v) is 17.8. The molecule has 0 spiro atoms. The fraction of sp³-hybridized carbons (Fsp3) is 0.837. The van der Waals surface area contributed by atoms with E-state index in [9.17, 15) is 19.0 Å². The van der Waals surface area contributed by atoms with E-state index in [1.807, 2.05) is 0 Å². The van der Waals surface area contributed by atoms with Crippen molar-refractivity contribution in [1.29, 1.82) is 0 Å².